The largest absolute Gasteiger partial charge is 0.453 e. The minimum Gasteiger partial charge on any atom is -0.441 e. The molecule has 1 radical (unpaired) electrons. The molecule has 2 aliphatic carbocycles. The van der Waals surface area contributed by atoms with Gasteiger partial charge in [-0.05, 0) is 66.9 Å². The van der Waals surface area contributed by atoms with Crippen LogP contribution in [0.25, 0.3) is 0 Å². The van der Waals surface area contributed by atoms with Gasteiger partial charge in [-0.15, -0.1) is 0 Å². The van der Waals surface area contributed by atoms with Crippen LogP contribution >= 0.6 is 8.58 Å². The number of rotatable bonds is 2. The summed E-state index contributed by atoms with van der Waals surface area (Å²) in [5, 5.41) is 8.45. The predicted molar refractivity (Wildman–Crippen MR) is 142 cm³/mol. The number of nitrogens with zero attached hydrogens (tertiary/aromatic N) is 2. The van der Waals surface area contributed by atoms with Gasteiger partial charge in [0.15, 0.2) is 0 Å². The van der Waals surface area contributed by atoms with E-state index in [4.69, 9.17) is 9.47 Å². The van der Waals surface area contributed by atoms with Crippen LogP contribution in [0.2, 0.25) is 0 Å². The molecule has 35 heavy (non-hydrogen) atoms. The summed E-state index contributed by atoms with van der Waals surface area (Å²) >= 11 is 0. The fraction of sp³-hybridized carbons (Fsp3) is 0.500. The Kier molecular flexibility index (Phi) is 16.0. The standard InChI is InChI=1S/C12H6P.C10H18N2O4.C3H6.C3H8/c1-3-7-11(8-4-1)13-12-9-5-2-6-10-12;1-9(2,3)15-7(13)11-12-8(14)16-10(4,5)6;1-2-3-1;1-3-2/h1,3-4,7-8,13H;1-6H3;1-3H2;3H2,1-2H3/b;12-11+;;. The van der Waals surface area contributed by atoms with Gasteiger partial charge in [-0.1, -0.05) is 91.6 Å². The van der Waals surface area contributed by atoms with Crippen molar-refractivity contribution in [2.24, 2.45) is 10.2 Å². The molecule has 2 aliphatic rings. The molecule has 1 atom stereocenters. The quantitative estimate of drug-likeness (QED) is 0.234. The molecule has 1 unspecified atom stereocenters. The number of allylic oxidation sites excluding steroid dienone is 2. The summed E-state index contributed by atoms with van der Waals surface area (Å²) in [6, 6.07) is 10.3. The average molecular weight is 498 g/mol. The van der Waals surface area contributed by atoms with Gasteiger partial charge in [0, 0.05) is 5.31 Å². The lowest BCUT2D eigenvalue weighted by Gasteiger charge is -2.17. The van der Waals surface area contributed by atoms with Crippen LogP contribution in [0.15, 0.2) is 68.8 Å². The number of hydrogen-bond donors (Lipinski definition) is 0. The summed E-state index contributed by atoms with van der Waals surface area (Å²) in [5.74, 6) is 0. The van der Waals surface area contributed by atoms with E-state index < -0.39 is 23.4 Å². The Morgan fingerprint density at radius 3 is 1.63 bits per heavy atom. The smallest absolute Gasteiger partial charge is 0.441 e. The Morgan fingerprint density at radius 2 is 1.29 bits per heavy atom. The first-order valence-electron chi connectivity index (χ1n) is 11.7. The van der Waals surface area contributed by atoms with Crippen molar-refractivity contribution < 1.29 is 19.1 Å². The summed E-state index contributed by atoms with van der Waals surface area (Å²) in [6.45, 7) is 14.4. The van der Waals surface area contributed by atoms with Crippen LogP contribution < -0.4 is 5.30 Å². The molecule has 189 valence electrons. The average Bonchev–Trinajstić information content (AvgIpc) is 3.62. The molecule has 7 heteroatoms. The first-order valence-corrected chi connectivity index (χ1v) is 12.7. The molecule has 0 spiro atoms. The minimum atomic E-state index is -0.918. The van der Waals surface area contributed by atoms with Crippen LogP contribution in [0.3, 0.4) is 0 Å². The molecular formula is C28H38N2O4P. The molecule has 0 aliphatic heterocycles. The molecule has 1 fully saturated rings. The van der Waals surface area contributed by atoms with E-state index in [1.165, 1.54) is 31.0 Å². The highest BCUT2D eigenvalue weighted by Gasteiger charge is 2.18. The zero-order valence-electron chi connectivity index (χ0n) is 22.2. The molecule has 2 amide bonds. The van der Waals surface area contributed by atoms with Gasteiger partial charge in [-0.25, -0.2) is 9.59 Å². The van der Waals surface area contributed by atoms with Gasteiger partial charge < -0.3 is 9.47 Å². The fourth-order valence-corrected chi connectivity index (χ4v) is 2.52. The Morgan fingerprint density at radius 1 is 0.829 bits per heavy atom. The predicted octanol–water partition coefficient (Wildman–Crippen LogP) is 8.21. The monoisotopic (exact) mass is 497 g/mol. The van der Waals surface area contributed by atoms with Crippen LogP contribution in [-0.2, 0) is 9.47 Å². The van der Waals surface area contributed by atoms with Gasteiger partial charge >= 0.3 is 12.2 Å². The van der Waals surface area contributed by atoms with Crippen LogP contribution in [0.4, 0.5) is 9.59 Å². The lowest BCUT2D eigenvalue weighted by Crippen LogP contribution is -2.23. The number of ether oxygens (including phenoxy) is 2. The van der Waals surface area contributed by atoms with Crippen molar-refractivity contribution in [3.05, 3.63) is 64.6 Å². The third kappa shape index (κ3) is 24.0. The first kappa shape index (κ1) is 32.0. The van der Waals surface area contributed by atoms with E-state index in [0.29, 0.717) is 8.58 Å². The van der Waals surface area contributed by atoms with Crippen molar-refractivity contribution in [2.45, 2.75) is 92.3 Å². The Bertz CT molecular complexity index is 957. The summed E-state index contributed by atoms with van der Waals surface area (Å²) < 4.78 is 9.62. The highest BCUT2D eigenvalue weighted by molar-refractivity contribution is 7.51. The van der Waals surface area contributed by atoms with Gasteiger partial charge in [0.1, 0.15) is 11.2 Å². The van der Waals surface area contributed by atoms with Gasteiger partial charge in [0.2, 0.25) is 0 Å². The molecule has 1 aromatic carbocycles. The van der Waals surface area contributed by atoms with Gasteiger partial charge in [-0.3, -0.25) is 0 Å². The molecule has 0 bridgehead atoms. The van der Waals surface area contributed by atoms with Crippen LogP contribution in [0.1, 0.15) is 81.1 Å². The van der Waals surface area contributed by atoms with Crippen LogP contribution in [-0.4, -0.2) is 23.4 Å². The van der Waals surface area contributed by atoms with Gasteiger partial charge in [0.25, 0.3) is 0 Å². The van der Waals surface area contributed by atoms with Crippen LogP contribution in [0, 0.1) is 6.08 Å². The topological polar surface area (TPSA) is 77.3 Å². The molecule has 0 saturated heterocycles. The second-order valence-electron chi connectivity index (χ2n) is 9.42. The molecule has 1 saturated carbocycles. The van der Waals surface area contributed by atoms with Crippen LogP contribution in [0.5, 0.6) is 0 Å². The SMILES string of the molecule is C1CC1.CC(C)(C)OC(=O)/N=N/C(=O)OC(C)(C)C.CCC.[C]1=C=C=C=C=C1Pc1ccccc1. The molecule has 6 nitrogen and oxygen atoms in total. The Balaban J connectivity index is 0.000000538. The highest BCUT2D eigenvalue weighted by Crippen LogP contribution is 2.22. The van der Waals surface area contributed by atoms with Crippen molar-refractivity contribution in [3.63, 3.8) is 0 Å². The zero-order chi connectivity index (χ0) is 26.7. The maximum atomic E-state index is 11.0. The number of carbonyl (C=O) groups is 2. The zero-order valence-corrected chi connectivity index (χ0v) is 23.2. The number of hydrogen-bond acceptors (Lipinski definition) is 4. The van der Waals surface area contributed by atoms with Crippen molar-refractivity contribution in [3.8, 4) is 0 Å². The number of azo groups is 1. The van der Waals surface area contributed by atoms with Crippen molar-refractivity contribution in [1.29, 1.82) is 0 Å². The van der Waals surface area contributed by atoms with E-state index in [1.54, 1.807) is 41.5 Å². The minimum absolute atomic E-state index is 0.583. The summed E-state index contributed by atoms with van der Waals surface area (Å²) in [7, 11) is 0.583. The second-order valence-corrected chi connectivity index (χ2v) is 10.7. The van der Waals surface area contributed by atoms with E-state index in [1.807, 2.05) is 18.2 Å². The summed E-state index contributed by atoms with van der Waals surface area (Å²) in [5.41, 5.74) is 9.80. The van der Waals surface area contributed by atoms with Crippen molar-refractivity contribution in [2.75, 3.05) is 0 Å². The number of amides is 2. The van der Waals surface area contributed by atoms with E-state index in [0.717, 1.165) is 5.31 Å². The third-order valence-corrected chi connectivity index (χ3v) is 4.02. The molecule has 0 N–H and O–H groups in total. The van der Waals surface area contributed by atoms with E-state index >= 15 is 0 Å². The lowest BCUT2D eigenvalue weighted by atomic mass is 10.2. The lowest BCUT2D eigenvalue weighted by molar-refractivity contribution is 0.0516. The number of benzene rings is 1. The molecule has 3 rings (SSSR count). The van der Waals surface area contributed by atoms with Crippen molar-refractivity contribution >= 4 is 26.1 Å². The summed E-state index contributed by atoms with van der Waals surface area (Å²) in [4.78, 5) is 22.1. The molecule has 0 heterocycles. The number of carbonyl (C=O) groups excluding carboxylic acids is 2. The maximum Gasteiger partial charge on any atom is 0.453 e. The maximum absolute atomic E-state index is 11.0. The highest BCUT2D eigenvalue weighted by atomic mass is 31.1. The second kappa shape index (κ2) is 17.5. The third-order valence-electron chi connectivity index (χ3n) is 2.90. The van der Waals surface area contributed by atoms with E-state index in [2.05, 4.69) is 65.2 Å². The molecule has 1 aromatic rings. The Hall–Kier alpha value is -2.95. The van der Waals surface area contributed by atoms with E-state index in [-0.39, 0.29) is 0 Å². The molecule has 0 aromatic heterocycles. The first-order chi connectivity index (χ1) is 16.4. The summed E-state index contributed by atoms with van der Waals surface area (Å²) in [6.07, 6.45) is 6.88. The normalized spacial score (nSPS) is 13.1. The fourth-order valence-electron chi connectivity index (χ4n) is 1.62. The molecular weight excluding hydrogens is 459 g/mol. The Labute approximate surface area is 212 Å². The van der Waals surface area contributed by atoms with E-state index in [9.17, 15) is 9.59 Å². The van der Waals surface area contributed by atoms with Gasteiger partial charge in [0.05, 0.1) is 6.08 Å². The van der Waals surface area contributed by atoms with Crippen molar-refractivity contribution in [1.82, 2.24) is 0 Å². The van der Waals surface area contributed by atoms with Gasteiger partial charge in [-0.2, -0.15) is 0 Å².